The molecule has 1 aromatic rings. The second kappa shape index (κ2) is 3.52. The summed E-state index contributed by atoms with van der Waals surface area (Å²) in [6.07, 6.45) is 1.86. The topological polar surface area (TPSA) is 27.8 Å². The molecule has 0 aliphatic heterocycles. The first-order valence-corrected chi connectivity index (χ1v) is 4.30. The Kier molecular flexibility index (Phi) is 2.61. The first-order chi connectivity index (χ1) is 6.11. The second-order valence-electron chi connectivity index (χ2n) is 3.10. The third-order valence-electron chi connectivity index (χ3n) is 2.27. The zero-order chi connectivity index (χ0) is 10.0. The van der Waals surface area contributed by atoms with Crippen molar-refractivity contribution in [2.75, 3.05) is 7.05 Å². The number of aromatic amines is 1. The SMILES string of the molecule is C=Cc1c(C)[nH]c(=C)/c1=C(\C)NC. The van der Waals surface area contributed by atoms with Crippen molar-refractivity contribution in [3.8, 4) is 0 Å². The molecule has 2 N–H and O–H groups in total. The molecule has 70 valence electrons. The van der Waals surface area contributed by atoms with Crippen molar-refractivity contribution in [1.29, 1.82) is 0 Å². The zero-order valence-corrected chi connectivity index (χ0v) is 8.49. The predicted octanol–water partition coefficient (Wildman–Crippen LogP) is 0.724. The third kappa shape index (κ3) is 1.52. The molecule has 0 aromatic carbocycles. The van der Waals surface area contributed by atoms with E-state index in [4.69, 9.17) is 0 Å². The maximum absolute atomic E-state index is 3.95. The lowest BCUT2D eigenvalue weighted by atomic mass is 10.2. The van der Waals surface area contributed by atoms with Gasteiger partial charge in [0.25, 0.3) is 0 Å². The Balaban J connectivity index is 3.71. The van der Waals surface area contributed by atoms with E-state index >= 15 is 0 Å². The number of hydrogen-bond acceptors (Lipinski definition) is 1. The fraction of sp³-hybridized carbons (Fsp3) is 0.273. The molecule has 0 saturated carbocycles. The maximum Gasteiger partial charge on any atom is 0.0406 e. The van der Waals surface area contributed by atoms with E-state index in [1.165, 1.54) is 0 Å². The smallest absolute Gasteiger partial charge is 0.0406 e. The van der Waals surface area contributed by atoms with Gasteiger partial charge in [-0.2, -0.15) is 0 Å². The summed E-state index contributed by atoms with van der Waals surface area (Å²) in [6, 6.07) is 0. The number of aromatic nitrogens is 1. The molecule has 0 saturated heterocycles. The minimum absolute atomic E-state index is 0.944. The molecule has 0 fully saturated rings. The van der Waals surface area contributed by atoms with Gasteiger partial charge in [0.2, 0.25) is 0 Å². The maximum atomic E-state index is 3.95. The molecule has 0 amide bonds. The van der Waals surface area contributed by atoms with Crippen LogP contribution in [-0.4, -0.2) is 12.0 Å². The van der Waals surface area contributed by atoms with Gasteiger partial charge in [-0.3, -0.25) is 0 Å². The van der Waals surface area contributed by atoms with Gasteiger partial charge in [-0.25, -0.2) is 0 Å². The molecule has 0 aliphatic carbocycles. The minimum atomic E-state index is 0.944. The van der Waals surface area contributed by atoms with Crippen molar-refractivity contribution in [3.63, 3.8) is 0 Å². The number of hydrogen-bond donors (Lipinski definition) is 2. The van der Waals surface area contributed by atoms with Crippen molar-refractivity contribution >= 4 is 18.4 Å². The highest BCUT2D eigenvalue weighted by Crippen LogP contribution is 1.98. The molecule has 2 heteroatoms. The summed E-state index contributed by atoms with van der Waals surface area (Å²) in [5.41, 5.74) is 3.37. The molecule has 2 nitrogen and oxygen atoms in total. The van der Waals surface area contributed by atoms with Crippen LogP contribution in [0.1, 0.15) is 18.2 Å². The fourth-order valence-electron chi connectivity index (χ4n) is 1.51. The molecule has 0 aliphatic rings. The largest absolute Gasteiger partial charge is 0.391 e. The Morgan fingerprint density at radius 3 is 2.62 bits per heavy atom. The quantitative estimate of drug-likeness (QED) is 0.683. The molecule has 0 radical (unpaired) electrons. The normalized spacial score (nSPS) is 12.5. The lowest BCUT2D eigenvalue weighted by Crippen LogP contribution is -2.28. The van der Waals surface area contributed by atoms with Crippen LogP contribution in [0.5, 0.6) is 0 Å². The summed E-state index contributed by atoms with van der Waals surface area (Å²) >= 11 is 0. The Morgan fingerprint density at radius 1 is 1.54 bits per heavy atom. The van der Waals surface area contributed by atoms with E-state index in [0.29, 0.717) is 0 Å². The van der Waals surface area contributed by atoms with E-state index in [1.807, 2.05) is 27.0 Å². The molecule has 1 aromatic heterocycles. The molecule has 0 spiro atoms. The van der Waals surface area contributed by atoms with Crippen LogP contribution in [0.3, 0.4) is 0 Å². The Labute approximate surface area is 78.7 Å². The highest BCUT2D eigenvalue weighted by Gasteiger charge is 2.01. The highest BCUT2D eigenvalue weighted by atomic mass is 14.8. The number of rotatable bonds is 2. The summed E-state index contributed by atoms with van der Waals surface area (Å²) in [5.74, 6) is 0. The number of H-pyrrole nitrogens is 1. The van der Waals surface area contributed by atoms with E-state index in [1.54, 1.807) is 0 Å². The van der Waals surface area contributed by atoms with Gasteiger partial charge in [0.1, 0.15) is 0 Å². The van der Waals surface area contributed by atoms with Crippen LogP contribution in [0, 0.1) is 6.92 Å². The summed E-state index contributed by atoms with van der Waals surface area (Å²) in [7, 11) is 1.91. The lowest BCUT2D eigenvalue weighted by molar-refractivity contribution is 1.09. The van der Waals surface area contributed by atoms with Crippen LogP contribution < -0.4 is 15.9 Å². The molecular formula is C11H16N2. The molecule has 13 heavy (non-hydrogen) atoms. The molecule has 1 rings (SSSR count). The lowest BCUT2D eigenvalue weighted by Gasteiger charge is -1.98. The monoisotopic (exact) mass is 176 g/mol. The Morgan fingerprint density at radius 2 is 2.15 bits per heavy atom. The Bertz CT molecular complexity index is 424. The number of nitrogens with one attached hydrogen (secondary N) is 2. The van der Waals surface area contributed by atoms with Crippen LogP contribution >= 0.6 is 0 Å². The fourth-order valence-corrected chi connectivity index (χ4v) is 1.51. The second-order valence-corrected chi connectivity index (χ2v) is 3.10. The van der Waals surface area contributed by atoms with Gasteiger partial charge >= 0.3 is 0 Å². The van der Waals surface area contributed by atoms with Gasteiger partial charge in [-0.05, 0) is 13.8 Å². The van der Waals surface area contributed by atoms with Crippen molar-refractivity contribution in [2.45, 2.75) is 13.8 Å². The first-order valence-electron chi connectivity index (χ1n) is 4.30. The van der Waals surface area contributed by atoms with Gasteiger partial charge in [0, 0.05) is 34.6 Å². The van der Waals surface area contributed by atoms with Crippen molar-refractivity contribution in [2.24, 2.45) is 0 Å². The standard InChI is InChI=1S/C11H16N2/c1-6-10-7(2)13-9(4)11(10)8(3)12-5/h6,12-13H,1,4H2,2-3,5H3/b11-8-. The average Bonchev–Trinajstić information content (AvgIpc) is 2.39. The highest BCUT2D eigenvalue weighted by molar-refractivity contribution is 5.56. The van der Waals surface area contributed by atoms with Gasteiger partial charge in [0.15, 0.2) is 0 Å². The molecule has 1 heterocycles. The van der Waals surface area contributed by atoms with Gasteiger partial charge in [0.05, 0.1) is 0 Å². The predicted molar refractivity (Wildman–Crippen MR) is 58.5 cm³/mol. The van der Waals surface area contributed by atoms with E-state index in [-0.39, 0.29) is 0 Å². The van der Waals surface area contributed by atoms with E-state index in [0.717, 1.165) is 27.5 Å². The van der Waals surface area contributed by atoms with Crippen LogP contribution in [-0.2, 0) is 0 Å². The first kappa shape index (κ1) is 9.65. The zero-order valence-electron chi connectivity index (χ0n) is 8.49. The van der Waals surface area contributed by atoms with Crippen LogP contribution in [0.4, 0.5) is 0 Å². The van der Waals surface area contributed by atoms with Crippen LogP contribution in [0.25, 0.3) is 18.4 Å². The molecular weight excluding hydrogens is 160 g/mol. The average molecular weight is 176 g/mol. The summed E-state index contributed by atoms with van der Waals surface area (Å²) in [4.78, 5) is 3.20. The van der Waals surface area contributed by atoms with Gasteiger partial charge < -0.3 is 10.3 Å². The van der Waals surface area contributed by atoms with E-state index < -0.39 is 0 Å². The summed E-state index contributed by atoms with van der Waals surface area (Å²) in [5, 5.41) is 5.20. The van der Waals surface area contributed by atoms with Crippen molar-refractivity contribution in [3.05, 3.63) is 28.4 Å². The minimum Gasteiger partial charge on any atom is -0.391 e. The van der Waals surface area contributed by atoms with E-state index in [2.05, 4.69) is 23.5 Å². The molecule has 0 bridgehead atoms. The van der Waals surface area contributed by atoms with E-state index in [9.17, 15) is 0 Å². The Hall–Kier alpha value is -1.44. The van der Waals surface area contributed by atoms with Crippen molar-refractivity contribution in [1.82, 2.24) is 10.3 Å². The van der Waals surface area contributed by atoms with Crippen LogP contribution in [0.15, 0.2) is 6.58 Å². The molecule has 0 unspecified atom stereocenters. The third-order valence-corrected chi connectivity index (χ3v) is 2.27. The van der Waals surface area contributed by atoms with Gasteiger partial charge in [-0.15, -0.1) is 0 Å². The van der Waals surface area contributed by atoms with Gasteiger partial charge in [-0.1, -0.05) is 19.2 Å². The molecule has 0 atom stereocenters. The summed E-state index contributed by atoms with van der Waals surface area (Å²) < 4.78 is 0. The van der Waals surface area contributed by atoms with Crippen LogP contribution in [0.2, 0.25) is 0 Å². The summed E-state index contributed by atoms with van der Waals surface area (Å²) in [6.45, 7) is 11.8. The number of aryl methyl sites for hydroxylation is 1. The van der Waals surface area contributed by atoms with Crippen molar-refractivity contribution < 1.29 is 0 Å².